The van der Waals surface area contributed by atoms with E-state index >= 15 is 0 Å². The van der Waals surface area contributed by atoms with Gasteiger partial charge in [-0.05, 0) is 55.8 Å². The van der Waals surface area contributed by atoms with Gasteiger partial charge >= 0.3 is 0 Å². The van der Waals surface area contributed by atoms with Crippen LogP contribution in [-0.2, 0) is 11.3 Å². The van der Waals surface area contributed by atoms with Gasteiger partial charge in [-0.3, -0.25) is 9.36 Å². The van der Waals surface area contributed by atoms with Crippen molar-refractivity contribution in [3.63, 3.8) is 0 Å². The Labute approximate surface area is 217 Å². The summed E-state index contributed by atoms with van der Waals surface area (Å²) in [7, 11) is 0. The van der Waals surface area contributed by atoms with Crippen molar-refractivity contribution in [2.75, 3.05) is 5.32 Å². The minimum atomic E-state index is -0.431. The van der Waals surface area contributed by atoms with E-state index in [0.29, 0.717) is 11.7 Å². The van der Waals surface area contributed by atoms with E-state index in [-0.39, 0.29) is 5.91 Å². The smallest absolute Gasteiger partial charge is 0.253 e. The van der Waals surface area contributed by atoms with Gasteiger partial charge in [0.05, 0.1) is 18.0 Å². The lowest BCUT2D eigenvalue weighted by atomic mass is 10.2. The molecular formula is C26H25BrN6OS. The molecule has 4 rings (SSSR count). The topological polar surface area (TPSA) is 84.2 Å². The molecule has 7 nitrogen and oxygen atoms in total. The number of hydrogen-bond donors (Lipinski definition) is 2. The Morgan fingerprint density at radius 3 is 2.60 bits per heavy atom. The van der Waals surface area contributed by atoms with Crippen LogP contribution in [0.15, 0.2) is 93.6 Å². The minimum absolute atomic E-state index is 0.219. The van der Waals surface area contributed by atoms with Crippen LogP contribution >= 0.6 is 27.7 Å². The fraction of sp³-hybridized carbons (Fsp3) is 0.154. The van der Waals surface area contributed by atoms with Crippen molar-refractivity contribution in [3.05, 3.63) is 100 Å². The number of para-hydroxylation sites is 1. The summed E-state index contributed by atoms with van der Waals surface area (Å²) in [6.45, 7) is 4.37. The third-order valence-corrected chi connectivity index (χ3v) is 6.64. The average Bonchev–Trinajstić information content (AvgIpc) is 3.26. The summed E-state index contributed by atoms with van der Waals surface area (Å²) in [6, 6.07) is 25.8. The van der Waals surface area contributed by atoms with Crippen LogP contribution < -0.4 is 10.7 Å². The molecule has 0 bridgehead atoms. The molecule has 2 N–H and O–H groups in total. The van der Waals surface area contributed by atoms with Crippen LogP contribution in [0, 0.1) is 6.92 Å². The number of carbonyl (C=O) groups excluding carboxylic acids is 1. The van der Waals surface area contributed by atoms with Crippen molar-refractivity contribution >= 4 is 45.5 Å². The third kappa shape index (κ3) is 6.80. The number of hydrazone groups is 1. The molecule has 0 saturated heterocycles. The van der Waals surface area contributed by atoms with Crippen molar-refractivity contribution in [1.29, 1.82) is 0 Å². The van der Waals surface area contributed by atoms with Crippen molar-refractivity contribution in [2.45, 2.75) is 30.8 Å². The number of hydrogen-bond acceptors (Lipinski definition) is 6. The molecule has 35 heavy (non-hydrogen) atoms. The Hall–Kier alpha value is -3.43. The van der Waals surface area contributed by atoms with Crippen LogP contribution in [0.5, 0.6) is 0 Å². The predicted molar refractivity (Wildman–Crippen MR) is 145 cm³/mol. The highest BCUT2D eigenvalue weighted by atomic mass is 79.9. The lowest BCUT2D eigenvalue weighted by Crippen LogP contribution is -2.27. The molecule has 4 aromatic rings. The van der Waals surface area contributed by atoms with Gasteiger partial charge in [0.2, 0.25) is 0 Å². The molecule has 1 aromatic heterocycles. The maximum atomic E-state index is 12.7. The van der Waals surface area contributed by atoms with Gasteiger partial charge in [0.1, 0.15) is 0 Å². The average molecular weight is 549 g/mol. The summed E-state index contributed by atoms with van der Waals surface area (Å²) in [4.78, 5) is 12.7. The van der Waals surface area contributed by atoms with Gasteiger partial charge in [-0.2, -0.15) is 5.10 Å². The number of aromatic nitrogens is 3. The Balaban J connectivity index is 1.47. The highest BCUT2D eigenvalue weighted by molar-refractivity contribution is 9.10. The Morgan fingerprint density at radius 1 is 1.09 bits per heavy atom. The summed E-state index contributed by atoms with van der Waals surface area (Å²) >= 11 is 4.76. The van der Waals surface area contributed by atoms with Crippen molar-refractivity contribution in [2.24, 2.45) is 5.10 Å². The number of thioether (sulfide) groups is 1. The molecule has 0 aliphatic carbocycles. The lowest BCUT2D eigenvalue weighted by molar-refractivity contribution is -0.120. The molecule has 178 valence electrons. The summed E-state index contributed by atoms with van der Waals surface area (Å²) in [6.07, 6.45) is 1.61. The quantitative estimate of drug-likeness (QED) is 0.162. The number of nitrogens with zero attached hydrogens (tertiary/aromatic N) is 4. The number of benzene rings is 3. The van der Waals surface area contributed by atoms with Crippen LogP contribution in [0.4, 0.5) is 5.69 Å². The maximum Gasteiger partial charge on any atom is 0.253 e. The summed E-state index contributed by atoms with van der Waals surface area (Å²) in [5.41, 5.74) is 6.63. The van der Waals surface area contributed by atoms with Crippen LogP contribution in [0.25, 0.3) is 5.69 Å². The summed E-state index contributed by atoms with van der Waals surface area (Å²) in [5, 5.41) is 16.5. The first-order chi connectivity index (χ1) is 17.0. The number of amides is 1. The van der Waals surface area contributed by atoms with Gasteiger partial charge in [0.25, 0.3) is 5.91 Å². The Bertz CT molecular complexity index is 1310. The van der Waals surface area contributed by atoms with Crippen LogP contribution in [0.3, 0.4) is 0 Å². The van der Waals surface area contributed by atoms with Crippen molar-refractivity contribution in [1.82, 2.24) is 20.2 Å². The van der Waals surface area contributed by atoms with Crippen LogP contribution in [0.1, 0.15) is 23.9 Å². The van der Waals surface area contributed by atoms with E-state index in [9.17, 15) is 4.79 Å². The molecule has 1 heterocycles. The fourth-order valence-electron chi connectivity index (χ4n) is 3.24. The molecule has 1 atom stereocenters. The zero-order valence-corrected chi connectivity index (χ0v) is 21.8. The first-order valence-electron chi connectivity index (χ1n) is 11.0. The number of anilines is 1. The summed E-state index contributed by atoms with van der Waals surface area (Å²) < 4.78 is 2.92. The van der Waals surface area contributed by atoms with Gasteiger partial charge in [-0.25, -0.2) is 5.43 Å². The van der Waals surface area contributed by atoms with Gasteiger partial charge in [0.15, 0.2) is 11.0 Å². The Kier molecular flexibility index (Phi) is 8.33. The Morgan fingerprint density at radius 2 is 1.86 bits per heavy atom. The zero-order valence-electron chi connectivity index (χ0n) is 19.4. The van der Waals surface area contributed by atoms with E-state index in [4.69, 9.17) is 0 Å². The second kappa shape index (κ2) is 11.8. The monoisotopic (exact) mass is 548 g/mol. The van der Waals surface area contributed by atoms with E-state index in [0.717, 1.165) is 27.2 Å². The number of halogens is 1. The molecule has 0 aliphatic rings. The van der Waals surface area contributed by atoms with Crippen molar-refractivity contribution in [3.8, 4) is 5.69 Å². The number of carbonyl (C=O) groups is 1. The highest BCUT2D eigenvalue weighted by Crippen LogP contribution is 2.26. The van der Waals surface area contributed by atoms with E-state index in [1.54, 1.807) is 6.21 Å². The number of nitrogens with one attached hydrogen (secondary N) is 2. The molecule has 0 saturated carbocycles. The molecule has 1 amide bonds. The van der Waals surface area contributed by atoms with E-state index in [1.807, 2.05) is 78.2 Å². The van der Waals surface area contributed by atoms with Gasteiger partial charge in [0, 0.05) is 15.8 Å². The first kappa shape index (κ1) is 24.7. The van der Waals surface area contributed by atoms with E-state index < -0.39 is 5.25 Å². The highest BCUT2D eigenvalue weighted by Gasteiger charge is 2.21. The third-order valence-electron chi connectivity index (χ3n) is 5.11. The molecule has 0 spiro atoms. The summed E-state index contributed by atoms with van der Waals surface area (Å²) in [5.74, 6) is 0.530. The first-order valence-corrected chi connectivity index (χ1v) is 12.7. The van der Waals surface area contributed by atoms with Crippen LogP contribution in [0.2, 0.25) is 0 Å². The van der Waals surface area contributed by atoms with E-state index in [2.05, 4.69) is 61.0 Å². The van der Waals surface area contributed by atoms with Gasteiger partial charge in [-0.1, -0.05) is 75.7 Å². The minimum Gasteiger partial charge on any atom is -0.378 e. The normalized spacial score (nSPS) is 12.0. The zero-order chi connectivity index (χ0) is 24.6. The number of aryl methyl sites for hydroxylation is 1. The number of rotatable bonds is 9. The molecule has 0 unspecified atom stereocenters. The maximum absolute atomic E-state index is 12.7. The molecule has 0 radical (unpaired) electrons. The molecule has 0 fully saturated rings. The van der Waals surface area contributed by atoms with Gasteiger partial charge < -0.3 is 5.32 Å². The molecule has 0 aliphatic heterocycles. The molecule has 9 heteroatoms. The van der Waals surface area contributed by atoms with Gasteiger partial charge in [-0.15, -0.1) is 10.2 Å². The molecular weight excluding hydrogens is 524 g/mol. The second-order valence-corrected chi connectivity index (χ2v) is 10.1. The predicted octanol–water partition coefficient (Wildman–Crippen LogP) is 5.58. The van der Waals surface area contributed by atoms with Crippen LogP contribution in [-0.4, -0.2) is 32.1 Å². The fourth-order valence-corrected chi connectivity index (χ4v) is 4.54. The standard InChI is InChI=1S/C26H25BrN6OS/c1-18-11-13-22(14-12-18)28-17-24-30-32-26(33(24)23-9-4-3-5-10-23)35-19(2)25(34)31-29-16-20-7-6-8-21(27)15-20/h3-16,19,28H,17H2,1-2H3,(H,31,34)/t19-/m1/s1. The van der Waals surface area contributed by atoms with E-state index in [1.165, 1.54) is 17.3 Å². The van der Waals surface area contributed by atoms with Crippen molar-refractivity contribution < 1.29 is 4.79 Å². The lowest BCUT2D eigenvalue weighted by Gasteiger charge is -2.13. The second-order valence-electron chi connectivity index (χ2n) is 7.84. The molecule has 3 aromatic carbocycles. The largest absolute Gasteiger partial charge is 0.378 e. The SMILES string of the molecule is Cc1ccc(NCc2nnc(S[C@H](C)C(=O)NN=Cc3cccc(Br)c3)n2-c2ccccc2)cc1.